The van der Waals surface area contributed by atoms with Crippen LogP contribution in [-0.2, 0) is 0 Å². The summed E-state index contributed by atoms with van der Waals surface area (Å²) < 4.78 is 14.0. The molecule has 0 bridgehead atoms. The van der Waals surface area contributed by atoms with Crippen molar-refractivity contribution < 1.29 is 9.50 Å². The number of allylic oxidation sites excluding steroid dienone is 2. The summed E-state index contributed by atoms with van der Waals surface area (Å²) in [6, 6.07) is 0. The molecule has 2 aliphatic carbocycles. The molecule has 0 saturated heterocycles. The van der Waals surface area contributed by atoms with Gasteiger partial charge in [-0.2, -0.15) is 0 Å². The Kier molecular flexibility index (Phi) is 4.24. The van der Waals surface area contributed by atoms with E-state index in [0.717, 1.165) is 25.7 Å². The molecule has 1 fully saturated rings. The van der Waals surface area contributed by atoms with E-state index in [-0.39, 0.29) is 5.92 Å². The molecule has 0 spiro atoms. The van der Waals surface area contributed by atoms with Gasteiger partial charge in [0.05, 0.1) is 0 Å². The smallest absolute Gasteiger partial charge is 0.207 e. The second-order valence-electron chi connectivity index (χ2n) is 6.08. The summed E-state index contributed by atoms with van der Waals surface area (Å²) in [4.78, 5) is 0. The van der Waals surface area contributed by atoms with Crippen LogP contribution in [-0.4, -0.2) is 11.0 Å². The molecule has 2 heteroatoms. The Morgan fingerprint density at radius 2 is 2.06 bits per heavy atom. The molecule has 1 N–H and O–H groups in total. The fraction of sp³-hybridized carbons (Fsp3) is 0.867. The topological polar surface area (TPSA) is 20.2 Å². The molecule has 0 aromatic carbocycles. The minimum Gasteiger partial charge on any atom is -0.362 e. The first kappa shape index (κ1) is 13.1. The van der Waals surface area contributed by atoms with Crippen molar-refractivity contribution in [2.75, 3.05) is 0 Å². The number of halogens is 1. The van der Waals surface area contributed by atoms with Crippen LogP contribution in [0.25, 0.3) is 0 Å². The Balaban J connectivity index is 2.06. The maximum absolute atomic E-state index is 14.0. The minimum atomic E-state index is -1.94. The third kappa shape index (κ3) is 3.80. The molecule has 0 aromatic heterocycles. The maximum atomic E-state index is 14.0. The van der Waals surface area contributed by atoms with Crippen LogP contribution < -0.4 is 0 Å². The summed E-state index contributed by atoms with van der Waals surface area (Å²) in [5.41, 5.74) is 1.42. The van der Waals surface area contributed by atoms with Crippen molar-refractivity contribution in [1.82, 2.24) is 0 Å². The molecule has 0 amide bonds. The van der Waals surface area contributed by atoms with E-state index in [0.29, 0.717) is 18.8 Å². The Hall–Kier alpha value is -0.370. The van der Waals surface area contributed by atoms with Gasteiger partial charge in [0.15, 0.2) is 0 Å². The summed E-state index contributed by atoms with van der Waals surface area (Å²) in [6.07, 6.45) is 11.1. The quantitative estimate of drug-likeness (QED) is 0.533. The zero-order valence-electron chi connectivity index (χ0n) is 10.9. The van der Waals surface area contributed by atoms with Gasteiger partial charge in [0.2, 0.25) is 5.85 Å². The van der Waals surface area contributed by atoms with E-state index in [4.69, 9.17) is 0 Å². The lowest BCUT2D eigenvalue weighted by Gasteiger charge is -2.24. The van der Waals surface area contributed by atoms with Gasteiger partial charge >= 0.3 is 0 Å². The van der Waals surface area contributed by atoms with Gasteiger partial charge in [0.25, 0.3) is 0 Å². The summed E-state index contributed by atoms with van der Waals surface area (Å²) in [5, 5.41) is 9.80. The van der Waals surface area contributed by atoms with Crippen LogP contribution in [0.1, 0.15) is 64.7 Å². The number of alkyl halides is 1. The van der Waals surface area contributed by atoms with Gasteiger partial charge in [-0.25, -0.2) is 4.39 Å². The molecule has 0 aromatic rings. The standard InChI is InChI=1S/C15H25FO/c1-12-8-9-14(11-15(16,17)10-12)13-6-4-2-3-5-7-13/h6,12,14,17H,2-5,7-11H2,1H3. The fourth-order valence-corrected chi connectivity index (χ4v) is 3.41. The van der Waals surface area contributed by atoms with E-state index < -0.39 is 5.85 Å². The SMILES string of the molecule is CC1CCC(C2=CCCCCC2)CC(O)(F)C1. The monoisotopic (exact) mass is 240 g/mol. The summed E-state index contributed by atoms with van der Waals surface area (Å²) >= 11 is 0. The maximum Gasteiger partial charge on any atom is 0.207 e. The van der Waals surface area contributed by atoms with Gasteiger partial charge in [-0.1, -0.05) is 25.0 Å². The lowest BCUT2D eigenvalue weighted by Crippen LogP contribution is -2.26. The van der Waals surface area contributed by atoms with Crippen LogP contribution in [0, 0.1) is 11.8 Å². The zero-order valence-corrected chi connectivity index (χ0v) is 10.9. The van der Waals surface area contributed by atoms with Gasteiger partial charge < -0.3 is 5.11 Å². The molecule has 1 nitrogen and oxygen atoms in total. The molecular weight excluding hydrogens is 215 g/mol. The lowest BCUT2D eigenvalue weighted by atomic mass is 9.87. The highest BCUT2D eigenvalue weighted by Crippen LogP contribution is 2.40. The molecule has 0 radical (unpaired) electrons. The van der Waals surface area contributed by atoms with Crippen LogP contribution in [0.3, 0.4) is 0 Å². The van der Waals surface area contributed by atoms with E-state index in [1.54, 1.807) is 0 Å². The van der Waals surface area contributed by atoms with Crippen molar-refractivity contribution in [1.29, 1.82) is 0 Å². The Morgan fingerprint density at radius 1 is 1.24 bits per heavy atom. The molecule has 1 saturated carbocycles. The highest BCUT2D eigenvalue weighted by molar-refractivity contribution is 5.10. The van der Waals surface area contributed by atoms with Gasteiger partial charge in [0, 0.05) is 12.8 Å². The predicted octanol–water partition coefficient (Wildman–Crippen LogP) is 4.36. The molecule has 98 valence electrons. The number of rotatable bonds is 1. The largest absolute Gasteiger partial charge is 0.362 e. The lowest BCUT2D eigenvalue weighted by molar-refractivity contribution is -0.111. The predicted molar refractivity (Wildman–Crippen MR) is 68.3 cm³/mol. The molecule has 2 aliphatic rings. The summed E-state index contributed by atoms with van der Waals surface area (Å²) in [6.45, 7) is 2.05. The first-order chi connectivity index (χ1) is 8.07. The molecule has 3 atom stereocenters. The van der Waals surface area contributed by atoms with E-state index in [1.807, 2.05) is 0 Å². The zero-order chi connectivity index (χ0) is 12.3. The second-order valence-corrected chi connectivity index (χ2v) is 6.08. The Bertz CT molecular complexity index is 283. The highest BCUT2D eigenvalue weighted by Gasteiger charge is 2.36. The Morgan fingerprint density at radius 3 is 2.88 bits per heavy atom. The van der Waals surface area contributed by atoms with Crippen molar-refractivity contribution in [2.45, 2.75) is 70.6 Å². The van der Waals surface area contributed by atoms with Crippen molar-refractivity contribution >= 4 is 0 Å². The molecule has 2 rings (SSSR count). The van der Waals surface area contributed by atoms with Gasteiger partial charge in [0.1, 0.15) is 0 Å². The van der Waals surface area contributed by atoms with Gasteiger partial charge in [-0.15, -0.1) is 0 Å². The third-order valence-corrected chi connectivity index (χ3v) is 4.33. The summed E-state index contributed by atoms with van der Waals surface area (Å²) in [5.74, 6) is -1.34. The first-order valence-electron chi connectivity index (χ1n) is 7.17. The van der Waals surface area contributed by atoms with E-state index in [2.05, 4.69) is 13.0 Å². The molecule has 3 unspecified atom stereocenters. The van der Waals surface area contributed by atoms with Crippen LogP contribution >= 0.6 is 0 Å². The van der Waals surface area contributed by atoms with Crippen LogP contribution in [0.15, 0.2) is 11.6 Å². The second kappa shape index (κ2) is 5.51. The minimum absolute atomic E-state index is 0.285. The molecular formula is C15H25FO. The van der Waals surface area contributed by atoms with Crippen LogP contribution in [0.5, 0.6) is 0 Å². The molecule has 0 heterocycles. The van der Waals surface area contributed by atoms with E-state index in [9.17, 15) is 9.50 Å². The molecule has 17 heavy (non-hydrogen) atoms. The van der Waals surface area contributed by atoms with Crippen molar-refractivity contribution in [3.05, 3.63) is 11.6 Å². The van der Waals surface area contributed by atoms with Crippen molar-refractivity contribution in [2.24, 2.45) is 11.8 Å². The average Bonchev–Trinajstić information content (AvgIpc) is 2.56. The fourth-order valence-electron chi connectivity index (χ4n) is 3.41. The van der Waals surface area contributed by atoms with Crippen molar-refractivity contribution in [3.63, 3.8) is 0 Å². The Labute approximate surface area is 104 Å². The first-order valence-corrected chi connectivity index (χ1v) is 7.17. The van der Waals surface area contributed by atoms with E-state index >= 15 is 0 Å². The summed E-state index contributed by atoms with van der Waals surface area (Å²) in [7, 11) is 0. The average molecular weight is 240 g/mol. The van der Waals surface area contributed by atoms with Crippen molar-refractivity contribution in [3.8, 4) is 0 Å². The van der Waals surface area contributed by atoms with E-state index in [1.165, 1.54) is 24.8 Å². The number of hydrogen-bond acceptors (Lipinski definition) is 1. The highest BCUT2D eigenvalue weighted by atomic mass is 19.2. The van der Waals surface area contributed by atoms with Gasteiger partial charge in [-0.05, 0) is 50.4 Å². The van der Waals surface area contributed by atoms with Gasteiger partial charge in [-0.3, -0.25) is 0 Å². The normalized spacial score (nSPS) is 40.3. The number of aliphatic hydroxyl groups is 1. The number of hydrogen-bond donors (Lipinski definition) is 1. The van der Waals surface area contributed by atoms with Crippen LogP contribution in [0.2, 0.25) is 0 Å². The third-order valence-electron chi connectivity index (χ3n) is 4.33. The molecule has 0 aliphatic heterocycles. The van der Waals surface area contributed by atoms with Crippen LogP contribution in [0.4, 0.5) is 4.39 Å².